The van der Waals surface area contributed by atoms with Crippen molar-refractivity contribution in [3.05, 3.63) is 66.7 Å². The number of aryl methyl sites for hydroxylation is 1. The van der Waals surface area contributed by atoms with Crippen molar-refractivity contribution in [1.29, 1.82) is 0 Å². The highest BCUT2D eigenvalue weighted by Gasteiger charge is 2.27. The Morgan fingerprint density at radius 2 is 1.88 bits per heavy atom. The molecular weight excluding hydrogens is 468 g/mol. The number of anilines is 2. The molecule has 0 spiro atoms. The third-order valence-corrected chi connectivity index (χ3v) is 7.99. The molecule has 0 aliphatic carbocycles. The van der Waals surface area contributed by atoms with Crippen LogP contribution in [-0.4, -0.2) is 43.9 Å². The molecule has 2 aromatic carbocycles. The van der Waals surface area contributed by atoms with E-state index in [9.17, 15) is 13.2 Å². The lowest BCUT2D eigenvalue weighted by molar-refractivity contribution is -0.114. The molecule has 8 nitrogen and oxygen atoms in total. The number of aromatic nitrogens is 2. The molecule has 3 aromatic rings. The van der Waals surface area contributed by atoms with E-state index in [4.69, 9.17) is 4.74 Å². The van der Waals surface area contributed by atoms with Gasteiger partial charge in [0.15, 0.2) is 4.34 Å². The Hall–Kier alpha value is -2.89. The Balaban J connectivity index is 1.85. The number of methoxy groups -OCH3 is 1. The Labute approximate surface area is 195 Å². The molecule has 0 radical (unpaired) electrons. The van der Waals surface area contributed by atoms with Gasteiger partial charge in [-0.05, 0) is 43.3 Å². The van der Waals surface area contributed by atoms with Crippen LogP contribution >= 0.6 is 23.1 Å². The van der Waals surface area contributed by atoms with Crippen LogP contribution in [0.2, 0.25) is 0 Å². The summed E-state index contributed by atoms with van der Waals surface area (Å²) >= 11 is 2.66. The van der Waals surface area contributed by atoms with E-state index in [2.05, 4.69) is 22.1 Å². The average molecular weight is 491 g/mol. The minimum atomic E-state index is -4.02. The van der Waals surface area contributed by atoms with Gasteiger partial charge in [-0.15, -0.1) is 16.8 Å². The van der Waals surface area contributed by atoms with Gasteiger partial charge in [0.05, 0.1) is 17.7 Å². The van der Waals surface area contributed by atoms with E-state index in [1.807, 2.05) is 6.92 Å². The second-order valence-corrected chi connectivity index (χ2v) is 10.7. The van der Waals surface area contributed by atoms with Gasteiger partial charge in [-0.1, -0.05) is 46.9 Å². The number of nitrogens with one attached hydrogen (secondary N) is 1. The van der Waals surface area contributed by atoms with Crippen LogP contribution < -0.4 is 14.4 Å². The molecule has 0 aliphatic heterocycles. The van der Waals surface area contributed by atoms with Gasteiger partial charge in [-0.25, -0.2) is 8.42 Å². The SMILES string of the molecule is C=CCSc1nnc(NC(=O)CN(c2ccc(C)cc2)S(=O)(=O)c2ccc(OC)cc2)s1. The monoisotopic (exact) mass is 490 g/mol. The van der Waals surface area contributed by atoms with Crippen LogP contribution in [0.3, 0.4) is 0 Å². The number of benzene rings is 2. The van der Waals surface area contributed by atoms with E-state index in [1.54, 1.807) is 42.5 Å². The highest BCUT2D eigenvalue weighted by molar-refractivity contribution is 8.01. The molecule has 32 heavy (non-hydrogen) atoms. The summed E-state index contributed by atoms with van der Waals surface area (Å²) in [6.45, 7) is 5.13. The van der Waals surface area contributed by atoms with Crippen LogP contribution in [-0.2, 0) is 14.8 Å². The quantitative estimate of drug-likeness (QED) is 0.261. The number of ether oxygens (including phenoxy) is 1. The predicted octanol–water partition coefficient (Wildman–Crippen LogP) is 3.97. The fourth-order valence-corrected chi connectivity index (χ4v) is 5.59. The molecule has 1 N–H and O–H groups in total. The van der Waals surface area contributed by atoms with Crippen LogP contribution in [0.25, 0.3) is 0 Å². The molecule has 1 heterocycles. The summed E-state index contributed by atoms with van der Waals surface area (Å²) in [5.41, 5.74) is 1.35. The number of thioether (sulfide) groups is 1. The van der Waals surface area contributed by atoms with Crippen LogP contribution in [0, 0.1) is 6.92 Å². The summed E-state index contributed by atoms with van der Waals surface area (Å²) in [5.74, 6) is 0.674. The largest absolute Gasteiger partial charge is 0.497 e. The molecule has 0 atom stereocenters. The maximum Gasteiger partial charge on any atom is 0.264 e. The first-order chi connectivity index (χ1) is 15.3. The maximum atomic E-state index is 13.4. The Morgan fingerprint density at radius 3 is 2.50 bits per heavy atom. The molecular formula is C21H22N4O4S3. The number of rotatable bonds is 10. The number of hydrogen-bond acceptors (Lipinski definition) is 8. The number of sulfonamides is 1. The molecule has 0 saturated carbocycles. The van der Waals surface area contributed by atoms with E-state index in [0.29, 0.717) is 26.7 Å². The third kappa shape index (κ3) is 5.87. The highest BCUT2D eigenvalue weighted by Crippen LogP contribution is 2.27. The Morgan fingerprint density at radius 1 is 1.19 bits per heavy atom. The van der Waals surface area contributed by atoms with Crippen LogP contribution in [0.5, 0.6) is 5.75 Å². The van der Waals surface area contributed by atoms with Gasteiger partial charge in [0.25, 0.3) is 10.0 Å². The summed E-state index contributed by atoms with van der Waals surface area (Å²) < 4.78 is 33.6. The van der Waals surface area contributed by atoms with E-state index in [-0.39, 0.29) is 4.90 Å². The van der Waals surface area contributed by atoms with E-state index in [1.165, 1.54) is 42.3 Å². The number of amides is 1. The van der Waals surface area contributed by atoms with Gasteiger partial charge < -0.3 is 4.74 Å². The van der Waals surface area contributed by atoms with E-state index < -0.39 is 22.5 Å². The van der Waals surface area contributed by atoms with Crippen molar-refractivity contribution in [2.75, 3.05) is 29.0 Å². The van der Waals surface area contributed by atoms with Crippen LogP contribution in [0.1, 0.15) is 5.56 Å². The molecule has 3 rings (SSSR count). The predicted molar refractivity (Wildman–Crippen MR) is 128 cm³/mol. The number of hydrogen-bond donors (Lipinski definition) is 1. The number of nitrogens with zero attached hydrogens (tertiary/aromatic N) is 3. The van der Waals surface area contributed by atoms with Gasteiger partial charge in [0.2, 0.25) is 11.0 Å². The van der Waals surface area contributed by atoms with Gasteiger partial charge >= 0.3 is 0 Å². The summed E-state index contributed by atoms with van der Waals surface area (Å²) in [6, 6.07) is 12.9. The minimum absolute atomic E-state index is 0.0469. The first-order valence-electron chi connectivity index (χ1n) is 9.44. The summed E-state index contributed by atoms with van der Waals surface area (Å²) in [4.78, 5) is 12.8. The van der Waals surface area contributed by atoms with E-state index in [0.717, 1.165) is 9.87 Å². The highest BCUT2D eigenvalue weighted by atomic mass is 32.2. The van der Waals surface area contributed by atoms with Crippen molar-refractivity contribution in [2.24, 2.45) is 0 Å². The summed E-state index contributed by atoms with van der Waals surface area (Å²) in [6.07, 6.45) is 1.74. The first kappa shape index (κ1) is 23.8. The molecule has 0 fully saturated rings. The molecule has 0 unspecified atom stereocenters. The zero-order valence-electron chi connectivity index (χ0n) is 17.5. The second-order valence-electron chi connectivity index (χ2n) is 6.54. The number of carbonyl (C=O) groups excluding carboxylic acids is 1. The minimum Gasteiger partial charge on any atom is -0.497 e. The van der Waals surface area contributed by atoms with Crippen molar-refractivity contribution in [2.45, 2.75) is 16.2 Å². The van der Waals surface area contributed by atoms with Gasteiger partial charge in [0, 0.05) is 5.75 Å². The van der Waals surface area contributed by atoms with Gasteiger partial charge in [-0.2, -0.15) is 0 Å². The number of carbonyl (C=O) groups is 1. The zero-order chi connectivity index (χ0) is 23.1. The lowest BCUT2D eigenvalue weighted by atomic mass is 10.2. The van der Waals surface area contributed by atoms with Crippen molar-refractivity contribution in [3.8, 4) is 5.75 Å². The van der Waals surface area contributed by atoms with Crippen molar-refractivity contribution in [1.82, 2.24) is 10.2 Å². The lowest BCUT2D eigenvalue weighted by Gasteiger charge is -2.24. The maximum absolute atomic E-state index is 13.4. The van der Waals surface area contributed by atoms with Crippen molar-refractivity contribution in [3.63, 3.8) is 0 Å². The van der Waals surface area contributed by atoms with Gasteiger partial charge in [-0.3, -0.25) is 14.4 Å². The molecule has 168 valence electrons. The molecule has 0 bridgehead atoms. The Bertz CT molecular complexity index is 1180. The molecule has 0 aliphatic rings. The van der Waals surface area contributed by atoms with Crippen LogP contribution in [0.4, 0.5) is 10.8 Å². The summed E-state index contributed by atoms with van der Waals surface area (Å²) in [5, 5.41) is 10.9. The fraction of sp³-hybridized carbons (Fsp3) is 0.190. The Kier molecular flexibility index (Phi) is 7.89. The van der Waals surface area contributed by atoms with Crippen molar-refractivity contribution >= 4 is 49.8 Å². The van der Waals surface area contributed by atoms with Gasteiger partial charge in [0.1, 0.15) is 12.3 Å². The lowest BCUT2D eigenvalue weighted by Crippen LogP contribution is -2.38. The van der Waals surface area contributed by atoms with Crippen LogP contribution in [0.15, 0.2) is 70.4 Å². The molecule has 0 saturated heterocycles. The van der Waals surface area contributed by atoms with Crippen molar-refractivity contribution < 1.29 is 17.9 Å². The molecule has 1 amide bonds. The zero-order valence-corrected chi connectivity index (χ0v) is 20.0. The molecule has 11 heteroatoms. The normalized spacial score (nSPS) is 11.1. The topological polar surface area (TPSA) is 101 Å². The second kappa shape index (κ2) is 10.6. The third-order valence-electron chi connectivity index (χ3n) is 4.23. The van der Waals surface area contributed by atoms with E-state index >= 15 is 0 Å². The first-order valence-corrected chi connectivity index (χ1v) is 12.7. The average Bonchev–Trinajstić information content (AvgIpc) is 3.23. The smallest absolute Gasteiger partial charge is 0.264 e. The molecule has 1 aromatic heterocycles. The summed E-state index contributed by atoms with van der Waals surface area (Å²) in [7, 11) is -2.52. The fourth-order valence-electron chi connectivity index (χ4n) is 2.64. The standard InChI is InChI=1S/C21H22N4O4S3/c1-4-13-30-21-24-23-20(31-21)22-19(26)14-25(16-7-5-15(2)6-8-16)32(27,28)18-11-9-17(29-3)10-12-18/h4-12H,1,13-14H2,2-3H3,(H,22,23,26).